The number of likely N-dealkylation sites (tertiary alicyclic amines) is 1. The summed E-state index contributed by atoms with van der Waals surface area (Å²) in [6.45, 7) is 6.16. The molecule has 180 valence electrons. The van der Waals surface area contributed by atoms with Crippen molar-refractivity contribution in [3.63, 3.8) is 0 Å². The highest BCUT2D eigenvalue weighted by Crippen LogP contribution is 2.45. The number of unbranched alkanes of at least 4 members (excludes halogenated alkanes) is 1. The molecule has 0 bridgehead atoms. The second-order valence-electron chi connectivity index (χ2n) is 8.99. The number of carbonyl (C=O) groups is 3. The first-order valence-electron chi connectivity index (χ1n) is 12.0. The van der Waals surface area contributed by atoms with Crippen molar-refractivity contribution in [2.24, 2.45) is 23.7 Å². The molecule has 0 saturated carbocycles. The zero-order valence-electron chi connectivity index (χ0n) is 19.8. The third-order valence-corrected chi connectivity index (χ3v) is 6.78. The molecule has 1 fully saturated rings. The number of rotatable bonds is 10. The predicted octanol–water partition coefficient (Wildman–Crippen LogP) is 2.33. The lowest BCUT2D eigenvalue weighted by Crippen LogP contribution is -2.53. The molecule has 2 N–H and O–H groups in total. The smallest absolute Gasteiger partial charge is 0.310 e. The fourth-order valence-electron chi connectivity index (χ4n) is 5.16. The van der Waals surface area contributed by atoms with Gasteiger partial charge in [0, 0.05) is 12.5 Å². The van der Waals surface area contributed by atoms with Gasteiger partial charge in [-0.2, -0.15) is 0 Å². The van der Waals surface area contributed by atoms with Crippen LogP contribution in [0.5, 0.6) is 0 Å². The Labute approximate surface area is 196 Å². The summed E-state index contributed by atoms with van der Waals surface area (Å²) < 4.78 is 5.31. The van der Waals surface area contributed by atoms with Crippen LogP contribution in [0.3, 0.4) is 0 Å². The van der Waals surface area contributed by atoms with Gasteiger partial charge in [-0.25, -0.2) is 0 Å². The number of allylic oxidation sites excluding steroid dienone is 1. The van der Waals surface area contributed by atoms with Crippen LogP contribution in [0, 0.1) is 23.7 Å². The molecule has 7 nitrogen and oxygen atoms in total. The van der Waals surface area contributed by atoms with Crippen LogP contribution in [0.15, 0.2) is 42.5 Å². The molecule has 1 aromatic carbocycles. The van der Waals surface area contributed by atoms with Gasteiger partial charge in [0.05, 0.1) is 31.1 Å². The summed E-state index contributed by atoms with van der Waals surface area (Å²) in [5.41, 5.74) is 0.968. The lowest BCUT2D eigenvalue weighted by Gasteiger charge is -2.33. The Morgan fingerprint density at radius 3 is 2.55 bits per heavy atom. The summed E-state index contributed by atoms with van der Waals surface area (Å²) in [7, 11) is 0. The van der Waals surface area contributed by atoms with Crippen molar-refractivity contribution < 1.29 is 24.2 Å². The van der Waals surface area contributed by atoms with Gasteiger partial charge < -0.3 is 20.1 Å². The Hall–Kier alpha value is -2.67. The van der Waals surface area contributed by atoms with Crippen LogP contribution < -0.4 is 5.32 Å². The maximum absolute atomic E-state index is 13.8. The zero-order valence-corrected chi connectivity index (χ0v) is 19.8. The molecule has 1 aliphatic heterocycles. The summed E-state index contributed by atoms with van der Waals surface area (Å²) in [4.78, 5) is 41.6. The Bertz CT molecular complexity index is 855. The minimum Gasteiger partial charge on any atom is -0.466 e. The summed E-state index contributed by atoms with van der Waals surface area (Å²) in [6, 6.07) is 8.26. The number of hydrogen-bond acceptors (Lipinski definition) is 5. The van der Waals surface area contributed by atoms with Crippen LogP contribution in [-0.2, 0) is 25.5 Å². The molecule has 1 saturated heterocycles. The molecule has 1 aromatic rings. The van der Waals surface area contributed by atoms with Gasteiger partial charge in [0.2, 0.25) is 11.8 Å². The number of aliphatic hydroxyl groups is 1. The highest BCUT2D eigenvalue weighted by atomic mass is 16.5. The first kappa shape index (κ1) is 25.0. The number of carbonyl (C=O) groups excluding carboxylic acids is 3. The van der Waals surface area contributed by atoms with E-state index >= 15 is 0 Å². The molecule has 0 spiro atoms. The molecule has 2 amide bonds. The number of nitrogens with zero attached hydrogens (tertiary/aromatic N) is 1. The molecule has 0 radical (unpaired) electrons. The molecule has 1 aliphatic carbocycles. The molecule has 7 heteroatoms. The van der Waals surface area contributed by atoms with Gasteiger partial charge in [-0.15, -0.1) is 0 Å². The molecule has 2 aliphatic rings. The lowest BCUT2D eigenvalue weighted by molar-refractivity contribution is -0.155. The number of aliphatic hydroxyl groups excluding tert-OH is 1. The van der Waals surface area contributed by atoms with Crippen LogP contribution in [-0.4, -0.2) is 59.6 Å². The van der Waals surface area contributed by atoms with Crippen molar-refractivity contribution >= 4 is 17.8 Å². The van der Waals surface area contributed by atoms with Gasteiger partial charge >= 0.3 is 5.97 Å². The van der Waals surface area contributed by atoms with Gasteiger partial charge in [0.25, 0.3) is 0 Å². The van der Waals surface area contributed by atoms with Crippen molar-refractivity contribution in [3.8, 4) is 0 Å². The minimum absolute atomic E-state index is 0.181. The topological polar surface area (TPSA) is 95.9 Å². The third-order valence-electron chi connectivity index (χ3n) is 6.78. The monoisotopic (exact) mass is 456 g/mol. The molecular weight excluding hydrogens is 420 g/mol. The maximum atomic E-state index is 13.8. The van der Waals surface area contributed by atoms with Crippen molar-refractivity contribution in [1.82, 2.24) is 10.2 Å². The fourth-order valence-corrected chi connectivity index (χ4v) is 5.16. The average molecular weight is 457 g/mol. The molecule has 3 rings (SSSR count). The van der Waals surface area contributed by atoms with Crippen LogP contribution >= 0.6 is 0 Å². The first-order valence-corrected chi connectivity index (χ1v) is 12.0. The van der Waals surface area contributed by atoms with Crippen molar-refractivity contribution in [3.05, 3.63) is 48.0 Å². The van der Waals surface area contributed by atoms with Crippen molar-refractivity contribution in [1.29, 1.82) is 0 Å². The number of nitrogens with one attached hydrogen (secondary N) is 1. The maximum Gasteiger partial charge on any atom is 0.310 e. The van der Waals surface area contributed by atoms with Gasteiger partial charge in [0.1, 0.15) is 6.04 Å². The van der Waals surface area contributed by atoms with E-state index in [1.54, 1.807) is 6.92 Å². The molecule has 33 heavy (non-hydrogen) atoms. The summed E-state index contributed by atoms with van der Waals surface area (Å²) >= 11 is 0. The predicted molar refractivity (Wildman–Crippen MR) is 125 cm³/mol. The molecule has 0 aromatic heterocycles. The van der Waals surface area contributed by atoms with E-state index in [9.17, 15) is 19.5 Å². The quantitative estimate of drug-likeness (QED) is 0.320. The summed E-state index contributed by atoms with van der Waals surface area (Å²) in [5, 5.41) is 13.3. The first-order chi connectivity index (χ1) is 15.9. The van der Waals surface area contributed by atoms with Gasteiger partial charge in [-0.3, -0.25) is 14.4 Å². The number of esters is 1. The van der Waals surface area contributed by atoms with E-state index in [0.717, 1.165) is 18.4 Å². The van der Waals surface area contributed by atoms with Crippen molar-refractivity contribution in [2.45, 2.75) is 52.1 Å². The standard InChI is InChI=1S/C26H36N2O5/c1-4-6-14-27-24(30)23-20-13-12-17(3)21(26(32)33-5-2)22(20)25(31)28(23)19(16-29)15-18-10-8-7-9-11-18/h7-13,17,19-23,29H,4-6,14-16H2,1-3H3,(H,27,30)/t17-,19-,20+,21-,22-,23+/m1/s1. The van der Waals surface area contributed by atoms with E-state index in [1.165, 1.54) is 4.90 Å². The van der Waals surface area contributed by atoms with Gasteiger partial charge in [-0.05, 0) is 31.2 Å². The van der Waals surface area contributed by atoms with E-state index in [4.69, 9.17) is 4.74 Å². The van der Waals surface area contributed by atoms with Crippen LogP contribution in [0.1, 0.15) is 39.2 Å². The van der Waals surface area contributed by atoms with E-state index < -0.39 is 35.8 Å². The van der Waals surface area contributed by atoms with Crippen molar-refractivity contribution in [2.75, 3.05) is 19.8 Å². The number of amides is 2. The van der Waals surface area contributed by atoms with Gasteiger partial charge in [-0.1, -0.05) is 62.8 Å². The molecule has 1 heterocycles. The fraction of sp³-hybridized carbons (Fsp3) is 0.577. The van der Waals surface area contributed by atoms with E-state index in [-0.39, 0.29) is 30.9 Å². The number of benzene rings is 1. The largest absolute Gasteiger partial charge is 0.466 e. The second kappa shape index (κ2) is 11.5. The van der Waals surface area contributed by atoms with Crippen LogP contribution in [0.2, 0.25) is 0 Å². The molecular formula is C26H36N2O5. The van der Waals surface area contributed by atoms with Crippen LogP contribution in [0.4, 0.5) is 0 Å². The molecule has 0 unspecified atom stereocenters. The van der Waals surface area contributed by atoms with E-state index in [0.29, 0.717) is 13.0 Å². The molecule has 6 atom stereocenters. The van der Waals surface area contributed by atoms with E-state index in [2.05, 4.69) is 5.32 Å². The average Bonchev–Trinajstić information content (AvgIpc) is 3.10. The Balaban J connectivity index is 1.98. The van der Waals surface area contributed by atoms with Gasteiger partial charge in [0.15, 0.2) is 0 Å². The lowest BCUT2D eigenvalue weighted by atomic mass is 9.70. The minimum atomic E-state index is -0.777. The Morgan fingerprint density at radius 2 is 1.91 bits per heavy atom. The second-order valence-corrected chi connectivity index (χ2v) is 8.99. The van der Waals surface area contributed by atoms with E-state index in [1.807, 2.05) is 56.3 Å². The number of fused-ring (bicyclic) bond motifs is 1. The summed E-state index contributed by atoms with van der Waals surface area (Å²) in [5.74, 6) is -2.88. The zero-order chi connectivity index (χ0) is 24.0. The Morgan fingerprint density at radius 1 is 1.18 bits per heavy atom. The SMILES string of the molecule is CCCCNC(=O)[C@@H]1[C@H]2C=C[C@@H](C)[C@@H](C(=O)OCC)[C@@H]2C(=O)N1[C@@H](CO)Cc1ccccc1. The van der Waals surface area contributed by atoms with Crippen LogP contribution in [0.25, 0.3) is 0 Å². The highest BCUT2D eigenvalue weighted by Gasteiger charge is 2.58. The highest BCUT2D eigenvalue weighted by molar-refractivity contribution is 5.96. The number of ether oxygens (including phenoxy) is 1. The normalized spacial score (nSPS) is 27.2. The third kappa shape index (κ3) is 5.29. The summed E-state index contributed by atoms with van der Waals surface area (Å²) in [6.07, 6.45) is 6.02. The Kier molecular flexibility index (Phi) is 8.67. The number of hydrogen-bond donors (Lipinski definition) is 2.